The van der Waals surface area contributed by atoms with E-state index < -0.39 is 0 Å². The van der Waals surface area contributed by atoms with Gasteiger partial charge in [-0.15, -0.1) is 0 Å². The van der Waals surface area contributed by atoms with Crippen molar-refractivity contribution in [2.24, 2.45) is 0 Å². The Bertz CT molecular complexity index is 547. The van der Waals surface area contributed by atoms with Crippen molar-refractivity contribution in [3.05, 3.63) is 47.8 Å². The Kier molecular flexibility index (Phi) is 4.90. The molecule has 106 valence electrons. The predicted octanol–water partition coefficient (Wildman–Crippen LogP) is 2.50. The molecule has 1 heterocycles. The van der Waals surface area contributed by atoms with Crippen LogP contribution in [0.4, 0.5) is 5.69 Å². The number of carbonyl (C=O) groups is 1. The molecule has 2 aromatic rings. The van der Waals surface area contributed by atoms with Gasteiger partial charge in [0.2, 0.25) is 0 Å². The van der Waals surface area contributed by atoms with Gasteiger partial charge < -0.3 is 5.32 Å². The van der Waals surface area contributed by atoms with E-state index in [1.165, 1.54) is 11.8 Å². The van der Waals surface area contributed by atoms with Crippen LogP contribution in [0, 0.1) is 0 Å². The van der Waals surface area contributed by atoms with Gasteiger partial charge in [0.05, 0.1) is 11.8 Å². The topological polar surface area (TPSA) is 61.0 Å². The number of nitrogens with zero attached hydrogens (tertiary/aromatic N) is 2. The minimum Gasteiger partial charge on any atom is -0.322 e. The number of hydrogen-bond donors (Lipinski definition) is 2. The van der Waals surface area contributed by atoms with Crippen molar-refractivity contribution in [1.29, 1.82) is 0 Å². The summed E-state index contributed by atoms with van der Waals surface area (Å²) in [4.78, 5) is 14.3. The van der Waals surface area contributed by atoms with Crippen LogP contribution in [0.5, 0.6) is 0 Å². The Balaban J connectivity index is 2.04. The second-order valence-electron chi connectivity index (χ2n) is 4.60. The SMILES string of the molecule is CCN(CC)Cc1cccc(NC(=O)c2cn[nH]c2)c1. The van der Waals surface area contributed by atoms with Crippen LogP contribution in [0.1, 0.15) is 29.8 Å². The van der Waals surface area contributed by atoms with Crippen molar-refractivity contribution in [2.75, 3.05) is 18.4 Å². The van der Waals surface area contributed by atoms with Gasteiger partial charge in [-0.05, 0) is 30.8 Å². The third-order valence-corrected chi connectivity index (χ3v) is 3.25. The van der Waals surface area contributed by atoms with Crippen LogP contribution >= 0.6 is 0 Å². The molecule has 0 radical (unpaired) electrons. The van der Waals surface area contributed by atoms with Crippen molar-refractivity contribution in [1.82, 2.24) is 15.1 Å². The Labute approximate surface area is 119 Å². The quantitative estimate of drug-likeness (QED) is 0.849. The summed E-state index contributed by atoms with van der Waals surface area (Å²) in [5.41, 5.74) is 2.53. The van der Waals surface area contributed by atoms with E-state index in [0.29, 0.717) is 5.56 Å². The van der Waals surface area contributed by atoms with Crippen LogP contribution in [0.15, 0.2) is 36.7 Å². The Morgan fingerprint density at radius 2 is 2.15 bits per heavy atom. The van der Waals surface area contributed by atoms with Gasteiger partial charge in [0.25, 0.3) is 5.91 Å². The fourth-order valence-electron chi connectivity index (χ4n) is 2.03. The van der Waals surface area contributed by atoms with Crippen LogP contribution in [0.25, 0.3) is 0 Å². The summed E-state index contributed by atoms with van der Waals surface area (Å²) in [6.45, 7) is 7.22. The monoisotopic (exact) mass is 272 g/mol. The van der Waals surface area contributed by atoms with Crippen molar-refractivity contribution in [3.8, 4) is 0 Å². The van der Waals surface area contributed by atoms with Crippen molar-refractivity contribution in [2.45, 2.75) is 20.4 Å². The fraction of sp³-hybridized carbons (Fsp3) is 0.333. The molecule has 1 aromatic heterocycles. The number of H-pyrrole nitrogens is 1. The average Bonchev–Trinajstić information content (AvgIpc) is 2.99. The van der Waals surface area contributed by atoms with Crippen molar-refractivity contribution < 1.29 is 4.79 Å². The largest absolute Gasteiger partial charge is 0.322 e. The van der Waals surface area contributed by atoms with Crippen LogP contribution in [-0.4, -0.2) is 34.1 Å². The minimum absolute atomic E-state index is 0.154. The van der Waals surface area contributed by atoms with Crippen LogP contribution in [-0.2, 0) is 6.54 Å². The molecule has 2 rings (SSSR count). The van der Waals surface area contributed by atoms with Crippen molar-refractivity contribution in [3.63, 3.8) is 0 Å². The van der Waals surface area contributed by atoms with E-state index >= 15 is 0 Å². The highest BCUT2D eigenvalue weighted by atomic mass is 16.1. The number of carbonyl (C=O) groups excluding carboxylic acids is 1. The second kappa shape index (κ2) is 6.86. The first-order valence-corrected chi connectivity index (χ1v) is 6.84. The molecule has 0 aliphatic heterocycles. The molecule has 0 unspecified atom stereocenters. The molecule has 0 saturated heterocycles. The third kappa shape index (κ3) is 3.68. The van der Waals surface area contributed by atoms with E-state index in [-0.39, 0.29) is 5.91 Å². The van der Waals surface area contributed by atoms with Gasteiger partial charge in [0.1, 0.15) is 0 Å². The molecule has 0 spiro atoms. The molecule has 0 bridgehead atoms. The molecule has 0 saturated carbocycles. The molecular weight excluding hydrogens is 252 g/mol. The summed E-state index contributed by atoms with van der Waals surface area (Å²) < 4.78 is 0. The third-order valence-electron chi connectivity index (χ3n) is 3.25. The van der Waals surface area contributed by atoms with Gasteiger partial charge in [0.15, 0.2) is 0 Å². The van der Waals surface area contributed by atoms with Crippen LogP contribution in [0.2, 0.25) is 0 Å². The lowest BCUT2D eigenvalue weighted by molar-refractivity contribution is 0.102. The number of aromatic nitrogens is 2. The van der Waals surface area contributed by atoms with Crippen LogP contribution < -0.4 is 5.32 Å². The molecule has 1 aromatic carbocycles. The molecule has 5 nitrogen and oxygen atoms in total. The van der Waals surface area contributed by atoms with Gasteiger partial charge in [-0.2, -0.15) is 5.10 Å². The zero-order valence-electron chi connectivity index (χ0n) is 11.9. The zero-order chi connectivity index (χ0) is 14.4. The lowest BCUT2D eigenvalue weighted by Crippen LogP contribution is -2.22. The van der Waals surface area contributed by atoms with Crippen LogP contribution in [0.3, 0.4) is 0 Å². The smallest absolute Gasteiger partial charge is 0.258 e. The highest BCUT2D eigenvalue weighted by molar-refractivity contribution is 6.03. The second-order valence-corrected chi connectivity index (χ2v) is 4.60. The highest BCUT2D eigenvalue weighted by Gasteiger charge is 2.07. The predicted molar refractivity (Wildman–Crippen MR) is 79.6 cm³/mol. The van der Waals surface area contributed by atoms with E-state index in [0.717, 1.165) is 25.3 Å². The summed E-state index contributed by atoms with van der Waals surface area (Å²) in [7, 11) is 0. The Morgan fingerprint density at radius 3 is 2.80 bits per heavy atom. The van der Waals surface area contributed by atoms with E-state index in [2.05, 4.69) is 40.3 Å². The number of benzene rings is 1. The number of hydrogen-bond acceptors (Lipinski definition) is 3. The maximum absolute atomic E-state index is 11.9. The first kappa shape index (κ1) is 14.3. The molecule has 0 atom stereocenters. The summed E-state index contributed by atoms with van der Waals surface area (Å²) in [6.07, 6.45) is 3.09. The number of nitrogens with one attached hydrogen (secondary N) is 2. The number of rotatable bonds is 6. The fourth-order valence-corrected chi connectivity index (χ4v) is 2.03. The average molecular weight is 272 g/mol. The minimum atomic E-state index is -0.154. The summed E-state index contributed by atoms with van der Waals surface area (Å²) in [5.74, 6) is -0.154. The van der Waals surface area contributed by atoms with Gasteiger partial charge >= 0.3 is 0 Å². The first-order valence-electron chi connectivity index (χ1n) is 6.84. The maximum Gasteiger partial charge on any atom is 0.258 e. The maximum atomic E-state index is 11.9. The van der Waals surface area contributed by atoms with Gasteiger partial charge in [-0.3, -0.25) is 14.8 Å². The first-order chi connectivity index (χ1) is 9.72. The van der Waals surface area contributed by atoms with Gasteiger partial charge in [0, 0.05) is 18.4 Å². The normalized spacial score (nSPS) is 10.8. The van der Waals surface area contributed by atoms with E-state index in [9.17, 15) is 4.79 Å². The molecule has 5 heteroatoms. The number of aromatic amines is 1. The molecule has 2 N–H and O–H groups in total. The van der Waals surface area contributed by atoms with E-state index in [4.69, 9.17) is 0 Å². The molecule has 0 aliphatic rings. The standard InChI is InChI=1S/C15H20N4O/c1-3-19(4-2)11-12-6-5-7-14(8-12)18-15(20)13-9-16-17-10-13/h5-10H,3-4,11H2,1-2H3,(H,16,17)(H,18,20). The molecule has 0 aliphatic carbocycles. The molecular formula is C15H20N4O. The lowest BCUT2D eigenvalue weighted by Gasteiger charge is -2.18. The lowest BCUT2D eigenvalue weighted by atomic mass is 10.2. The molecule has 1 amide bonds. The zero-order valence-corrected chi connectivity index (χ0v) is 11.9. The highest BCUT2D eigenvalue weighted by Crippen LogP contribution is 2.13. The number of anilines is 1. The summed E-state index contributed by atoms with van der Waals surface area (Å²) in [6, 6.07) is 7.94. The Hall–Kier alpha value is -2.14. The van der Waals surface area contributed by atoms with Gasteiger partial charge in [-0.1, -0.05) is 26.0 Å². The number of amides is 1. The summed E-state index contributed by atoms with van der Waals surface area (Å²) in [5, 5.41) is 9.28. The Morgan fingerprint density at radius 1 is 1.35 bits per heavy atom. The molecule has 20 heavy (non-hydrogen) atoms. The van der Waals surface area contributed by atoms with Gasteiger partial charge in [-0.25, -0.2) is 0 Å². The van der Waals surface area contributed by atoms with Crippen molar-refractivity contribution >= 4 is 11.6 Å². The molecule has 0 fully saturated rings. The van der Waals surface area contributed by atoms with E-state index in [1.807, 2.05) is 18.2 Å². The summed E-state index contributed by atoms with van der Waals surface area (Å²) >= 11 is 0. The van der Waals surface area contributed by atoms with E-state index in [1.54, 1.807) is 6.20 Å².